The van der Waals surface area contributed by atoms with Crippen LogP contribution in [0, 0.1) is 0 Å². The first kappa shape index (κ1) is 21.9. The van der Waals surface area contributed by atoms with Gasteiger partial charge in [0.05, 0.1) is 22.3 Å². The third-order valence-corrected chi connectivity index (χ3v) is 5.27. The fraction of sp³-hybridized carbons (Fsp3) is 0.333. The molecule has 1 aliphatic rings. The van der Waals surface area contributed by atoms with Crippen LogP contribution in [0.15, 0.2) is 48.2 Å². The molecule has 2 aromatic rings. The van der Waals surface area contributed by atoms with Gasteiger partial charge in [0.25, 0.3) is 0 Å². The Labute approximate surface area is 177 Å². The maximum absolute atomic E-state index is 6.27. The maximum atomic E-state index is 6.27. The zero-order valence-electron chi connectivity index (χ0n) is 15.4. The number of hydrogen-bond donors (Lipinski definition) is 1. The van der Waals surface area contributed by atoms with Crippen molar-refractivity contribution in [3.05, 3.63) is 74.9 Å². The predicted octanol–water partition coefficient (Wildman–Crippen LogP) is 5.88. The number of rotatable bonds is 7. The normalized spacial score (nSPS) is 13.3. The molecule has 0 spiro atoms. The fourth-order valence-corrected chi connectivity index (χ4v) is 3.54. The summed E-state index contributed by atoms with van der Waals surface area (Å²) in [5, 5.41) is 1.10. The van der Waals surface area contributed by atoms with E-state index in [0.717, 1.165) is 48.5 Å². The minimum absolute atomic E-state index is 0. The summed E-state index contributed by atoms with van der Waals surface area (Å²) in [6.07, 6.45) is 2.07. The van der Waals surface area contributed by atoms with Crippen LogP contribution in [0.1, 0.15) is 36.5 Å². The molecule has 2 aromatic carbocycles. The topological polar surface area (TPSA) is 38.5 Å². The van der Waals surface area contributed by atoms with Crippen molar-refractivity contribution in [1.82, 2.24) is 4.90 Å². The number of nitrogens with zero attached hydrogens (tertiary/aromatic N) is 1. The number of hydrogen-bond acceptors (Lipinski definition) is 3. The van der Waals surface area contributed by atoms with Gasteiger partial charge in [0.15, 0.2) is 0 Å². The SMILES string of the molecule is CCCCOC1=C(CN)N(Cc2ccccc2)Cc2cc(Cl)c(Cl)cc21.Cl. The molecule has 1 heterocycles. The number of benzene rings is 2. The predicted molar refractivity (Wildman–Crippen MR) is 116 cm³/mol. The van der Waals surface area contributed by atoms with E-state index in [0.29, 0.717) is 23.2 Å². The highest BCUT2D eigenvalue weighted by molar-refractivity contribution is 6.42. The molecule has 0 bridgehead atoms. The fourth-order valence-electron chi connectivity index (χ4n) is 3.19. The average Bonchev–Trinajstić information content (AvgIpc) is 2.64. The average molecular weight is 428 g/mol. The summed E-state index contributed by atoms with van der Waals surface area (Å²) in [5.41, 5.74) is 10.5. The zero-order chi connectivity index (χ0) is 18.5. The smallest absolute Gasteiger partial charge is 0.147 e. The highest BCUT2D eigenvalue weighted by atomic mass is 35.5. The van der Waals surface area contributed by atoms with Crippen molar-refractivity contribution in [3.63, 3.8) is 0 Å². The molecule has 0 aliphatic carbocycles. The van der Waals surface area contributed by atoms with Crippen LogP contribution in [0.25, 0.3) is 5.76 Å². The third-order valence-electron chi connectivity index (χ3n) is 4.55. The van der Waals surface area contributed by atoms with Crippen molar-refractivity contribution in [2.45, 2.75) is 32.9 Å². The molecular weight excluding hydrogens is 403 g/mol. The summed E-state index contributed by atoms with van der Waals surface area (Å²) >= 11 is 12.5. The number of halogens is 3. The van der Waals surface area contributed by atoms with Gasteiger partial charge in [-0.25, -0.2) is 0 Å². The van der Waals surface area contributed by atoms with E-state index in [2.05, 4.69) is 24.0 Å². The second-order valence-electron chi connectivity index (χ2n) is 6.45. The van der Waals surface area contributed by atoms with Gasteiger partial charge in [0, 0.05) is 25.2 Å². The molecule has 0 radical (unpaired) electrons. The Morgan fingerprint density at radius 3 is 2.48 bits per heavy atom. The van der Waals surface area contributed by atoms with Crippen molar-refractivity contribution in [2.75, 3.05) is 13.2 Å². The lowest BCUT2D eigenvalue weighted by Gasteiger charge is -2.35. The van der Waals surface area contributed by atoms with Crippen LogP contribution < -0.4 is 5.73 Å². The lowest BCUT2D eigenvalue weighted by Crippen LogP contribution is -2.32. The van der Waals surface area contributed by atoms with E-state index in [-0.39, 0.29) is 12.4 Å². The summed E-state index contributed by atoms with van der Waals surface area (Å²) in [6, 6.07) is 14.2. The van der Waals surface area contributed by atoms with Gasteiger partial charge in [-0.15, -0.1) is 12.4 Å². The van der Waals surface area contributed by atoms with Crippen molar-refractivity contribution in [1.29, 1.82) is 0 Å². The van der Waals surface area contributed by atoms with E-state index < -0.39 is 0 Å². The van der Waals surface area contributed by atoms with Crippen LogP contribution in [0.3, 0.4) is 0 Å². The lowest BCUT2D eigenvalue weighted by atomic mass is 9.98. The molecule has 2 N–H and O–H groups in total. The molecule has 6 heteroatoms. The lowest BCUT2D eigenvalue weighted by molar-refractivity contribution is 0.238. The summed E-state index contributed by atoms with van der Waals surface area (Å²) in [7, 11) is 0. The molecule has 0 saturated heterocycles. The van der Waals surface area contributed by atoms with Crippen LogP contribution >= 0.6 is 35.6 Å². The minimum atomic E-state index is 0. The van der Waals surface area contributed by atoms with E-state index >= 15 is 0 Å². The van der Waals surface area contributed by atoms with Gasteiger partial charge in [0.1, 0.15) is 5.76 Å². The van der Waals surface area contributed by atoms with Crippen molar-refractivity contribution in [3.8, 4) is 0 Å². The van der Waals surface area contributed by atoms with Crippen molar-refractivity contribution < 1.29 is 4.74 Å². The molecular formula is C21H25Cl3N2O. The second kappa shape index (κ2) is 10.2. The van der Waals surface area contributed by atoms with E-state index in [1.165, 1.54) is 5.56 Å². The highest BCUT2D eigenvalue weighted by Gasteiger charge is 2.26. The Morgan fingerprint density at radius 2 is 1.81 bits per heavy atom. The molecule has 146 valence electrons. The molecule has 3 nitrogen and oxygen atoms in total. The molecule has 0 atom stereocenters. The summed E-state index contributed by atoms with van der Waals surface area (Å²) < 4.78 is 6.17. The number of ether oxygens (including phenoxy) is 1. The molecule has 0 saturated carbocycles. The number of fused-ring (bicyclic) bond motifs is 1. The van der Waals surface area contributed by atoms with E-state index in [4.69, 9.17) is 33.7 Å². The monoisotopic (exact) mass is 426 g/mol. The molecule has 0 amide bonds. The minimum Gasteiger partial charge on any atom is -0.491 e. The van der Waals surface area contributed by atoms with Gasteiger partial charge >= 0.3 is 0 Å². The molecule has 0 unspecified atom stereocenters. The molecule has 0 fully saturated rings. The van der Waals surface area contributed by atoms with Gasteiger partial charge in [-0.3, -0.25) is 0 Å². The summed E-state index contributed by atoms with van der Waals surface area (Å²) in [5.74, 6) is 0.830. The maximum Gasteiger partial charge on any atom is 0.147 e. The van der Waals surface area contributed by atoms with Gasteiger partial charge in [-0.2, -0.15) is 0 Å². The molecule has 0 aromatic heterocycles. The summed E-state index contributed by atoms with van der Waals surface area (Å²) in [6.45, 7) is 4.72. The Morgan fingerprint density at radius 1 is 1.11 bits per heavy atom. The van der Waals surface area contributed by atoms with Gasteiger partial charge in [-0.05, 0) is 29.7 Å². The Balaban J connectivity index is 0.00000261. The Hall–Kier alpha value is -1.39. The van der Waals surface area contributed by atoms with Crippen molar-refractivity contribution >= 4 is 41.4 Å². The van der Waals surface area contributed by atoms with E-state index in [9.17, 15) is 0 Å². The highest BCUT2D eigenvalue weighted by Crippen LogP contribution is 2.37. The third kappa shape index (κ3) is 5.11. The van der Waals surface area contributed by atoms with Crippen LogP contribution in [0.4, 0.5) is 0 Å². The number of unbranched alkanes of at least 4 members (excludes halogenated alkanes) is 1. The summed E-state index contributed by atoms with van der Waals surface area (Å²) in [4.78, 5) is 2.27. The molecule has 1 aliphatic heterocycles. The largest absolute Gasteiger partial charge is 0.491 e. The first-order chi connectivity index (χ1) is 12.6. The van der Waals surface area contributed by atoms with Crippen LogP contribution in [-0.4, -0.2) is 18.1 Å². The molecule has 3 rings (SSSR count). The van der Waals surface area contributed by atoms with E-state index in [1.807, 2.05) is 30.3 Å². The Bertz CT molecular complexity index is 794. The van der Waals surface area contributed by atoms with Gasteiger partial charge < -0.3 is 15.4 Å². The van der Waals surface area contributed by atoms with Gasteiger partial charge in [0.2, 0.25) is 0 Å². The van der Waals surface area contributed by atoms with Crippen LogP contribution in [-0.2, 0) is 17.8 Å². The van der Waals surface area contributed by atoms with Gasteiger partial charge in [-0.1, -0.05) is 66.9 Å². The zero-order valence-corrected chi connectivity index (χ0v) is 17.7. The van der Waals surface area contributed by atoms with Crippen LogP contribution in [0.2, 0.25) is 10.0 Å². The quantitative estimate of drug-likeness (QED) is 0.561. The first-order valence-corrected chi connectivity index (χ1v) is 9.72. The second-order valence-corrected chi connectivity index (χ2v) is 7.26. The number of nitrogens with two attached hydrogens (primary N) is 1. The van der Waals surface area contributed by atoms with E-state index in [1.54, 1.807) is 0 Å². The Kier molecular flexibility index (Phi) is 8.30. The molecule has 27 heavy (non-hydrogen) atoms. The van der Waals surface area contributed by atoms with Crippen molar-refractivity contribution in [2.24, 2.45) is 5.73 Å². The van der Waals surface area contributed by atoms with Crippen LogP contribution in [0.5, 0.6) is 0 Å². The standard InChI is InChI=1S/C21H24Cl2N2O.ClH/c1-2-3-9-26-21-17-11-19(23)18(22)10-16(17)14-25(20(21)12-24)13-15-7-5-4-6-8-15;/h4-8,10-11H,2-3,9,12-14,24H2,1H3;1H. The first-order valence-electron chi connectivity index (χ1n) is 8.97.